The van der Waals surface area contributed by atoms with E-state index in [0.29, 0.717) is 16.6 Å². The van der Waals surface area contributed by atoms with Crippen molar-refractivity contribution in [3.05, 3.63) is 58.8 Å². The van der Waals surface area contributed by atoms with E-state index in [4.69, 9.17) is 21.1 Å². The largest absolute Gasteiger partial charge is 0.479 e. The van der Waals surface area contributed by atoms with Gasteiger partial charge in [-0.2, -0.15) is 15.2 Å². The molecule has 4 rings (SSSR count). The Kier molecular flexibility index (Phi) is 5.32. The third-order valence-electron chi connectivity index (χ3n) is 4.25. The molecule has 0 N–H and O–H groups in total. The predicted octanol–water partition coefficient (Wildman–Crippen LogP) is 3.04. The molecular weight excluding hydrogens is 415 g/mol. The highest BCUT2D eigenvalue weighted by Gasteiger charge is 2.18. The van der Waals surface area contributed by atoms with E-state index in [9.17, 15) is 9.18 Å². The van der Waals surface area contributed by atoms with Gasteiger partial charge in [-0.25, -0.2) is 18.9 Å². The van der Waals surface area contributed by atoms with Gasteiger partial charge in [-0.3, -0.25) is 4.68 Å². The highest BCUT2D eigenvalue weighted by Crippen LogP contribution is 2.25. The summed E-state index contributed by atoms with van der Waals surface area (Å²) in [4.78, 5) is 20.7. The van der Waals surface area contributed by atoms with Gasteiger partial charge in [0.25, 0.3) is 5.95 Å². The summed E-state index contributed by atoms with van der Waals surface area (Å²) in [7, 11) is 1.47. The Balaban J connectivity index is 1.71. The molecule has 3 aromatic heterocycles. The standard InChI is InChI=1S/C19H16ClFN6O3/c1-3-30-18(28)12-7-22-27(10-12)19-24-15-8-23-26(16(15)17(25-19)29-2)9-11-4-5-13(20)14(21)6-11/h4-8,10H,3,9H2,1-2H3. The van der Waals surface area contributed by atoms with Crippen LogP contribution >= 0.6 is 11.6 Å². The van der Waals surface area contributed by atoms with Gasteiger partial charge in [0.2, 0.25) is 5.88 Å². The van der Waals surface area contributed by atoms with Crippen molar-refractivity contribution in [3.8, 4) is 11.8 Å². The second kappa shape index (κ2) is 8.07. The number of fused-ring (bicyclic) bond motifs is 1. The van der Waals surface area contributed by atoms with Gasteiger partial charge in [-0.1, -0.05) is 17.7 Å². The summed E-state index contributed by atoms with van der Waals surface area (Å²) in [6.07, 6.45) is 4.39. The molecule has 0 aliphatic heterocycles. The van der Waals surface area contributed by atoms with Crippen LogP contribution in [0.5, 0.6) is 5.88 Å². The molecule has 0 aliphatic carbocycles. The lowest BCUT2D eigenvalue weighted by molar-refractivity contribution is 0.0526. The van der Waals surface area contributed by atoms with Crippen LogP contribution < -0.4 is 4.74 Å². The Morgan fingerprint density at radius 3 is 2.80 bits per heavy atom. The fourth-order valence-corrected chi connectivity index (χ4v) is 3.00. The molecule has 4 aromatic rings. The van der Waals surface area contributed by atoms with Crippen LogP contribution in [0.2, 0.25) is 5.02 Å². The summed E-state index contributed by atoms with van der Waals surface area (Å²) < 4.78 is 27.1. The normalized spacial score (nSPS) is 11.1. The number of hydrogen-bond donors (Lipinski definition) is 0. The van der Waals surface area contributed by atoms with Crippen LogP contribution in [0, 0.1) is 5.82 Å². The zero-order valence-corrected chi connectivity index (χ0v) is 16.8. The van der Waals surface area contributed by atoms with Crippen molar-refractivity contribution >= 4 is 28.6 Å². The van der Waals surface area contributed by atoms with E-state index in [1.807, 2.05) is 0 Å². The molecule has 0 saturated carbocycles. The Hall–Kier alpha value is -3.53. The lowest BCUT2D eigenvalue weighted by Gasteiger charge is -2.08. The quantitative estimate of drug-likeness (QED) is 0.434. The second-order valence-corrected chi connectivity index (χ2v) is 6.62. The molecule has 3 heterocycles. The number of esters is 1. The number of halogens is 2. The smallest absolute Gasteiger partial charge is 0.341 e. The number of benzene rings is 1. The number of carbonyl (C=O) groups excluding carboxylic acids is 1. The lowest BCUT2D eigenvalue weighted by atomic mass is 10.2. The average molecular weight is 431 g/mol. The lowest BCUT2D eigenvalue weighted by Crippen LogP contribution is -2.07. The van der Waals surface area contributed by atoms with Gasteiger partial charge in [0, 0.05) is 6.20 Å². The number of aromatic nitrogens is 6. The maximum absolute atomic E-state index is 13.8. The molecule has 0 amide bonds. The first-order chi connectivity index (χ1) is 14.5. The highest BCUT2D eigenvalue weighted by molar-refractivity contribution is 6.30. The zero-order valence-electron chi connectivity index (χ0n) is 16.0. The molecule has 0 unspecified atom stereocenters. The number of rotatable bonds is 6. The van der Waals surface area contributed by atoms with E-state index in [2.05, 4.69) is 20.2 Å². The van der Waals surface area contributed by atoms with Crippen LogP contribution in [0.25, 0.3) is 17.0 Å². The van der Waals surface area contributed by atoms with Crippen LogP contribution in [0.1, 0.15) is 22.8 Å². The molecule has 1 aromatic carbocycles. The fourth-order valence-electron chi connectivity index (χ4n) is 2.88. The van der Waals surface area contributed by atoms with E-state index in [1.54, 1.807) is 23.9 Å². The van der Waals surface area contributed by atoms with Crippen LogP contribution in [0.4, 0.5) is 4.39 Å². The minimum absolute atomic E-state index is 0.0519. The Morgan fingerprint density at radius 2 is 2.07 bits per heavy atom. The van der Waals surface area contributed by atoms with Crippen LogP contribution in [-0.2, 0) is 11.3 Å². The topological polar surface area (TPSA) is 97.0 Å². The molecule has 154 valence electrons. The number of methoxy groups -OCH3 is 1. The molecule has 11 heteroatoms. The molecule has 0 atom stereocenters. The molecular formula is C19H16ClFN6O3. The molecule has 0 radical (unpaired) electrons. The van der Waals surface area contributed by atoms with Gasteiger partial charge in [-0.15, -0.1) is 0 Å². The molecule has 0 aliphatic rings. The third-order valence-corrected chi connectivity index (χ3v) is 4.56. The number of ether oxygens (including phenoxy) is 2. The summed E-state index contributed by atoms with van der Waals surface area (Å²) in [6, 6.07) is 4.54. The number of hydrogen-bond acceptors (Lipinski definition) is 7. The first-order valence-corrected chi connectivity index (χ1v) is 9.31. The van der Waals surface area contributed by atoms with Crippen molar-refractivity contribution in [2.24, 2.45) is 0 Å². The maximum atomic E-state index is 13.8. The monoisotopic (exact) mass is 430 g/mol. The zero-order chi connectivity index (χ0) is 21.3. The first kappa shape index (κ1) is 19.8. The highest BCUT2D eigenvalue weighted by atomic mass is 35.5. The van der Waals surface area contributed by atoms with Gasteiger partial charge < -0.3 is 9.47 Å². The molecule has 0 spiro atoms. The van der Waals surface area contributed by atoms with Crippen LogP contribution in [0.15, 0.2) is 36.8 Å². The van der Waals surface area contributed by atoms with Crippen LogP contribution in [0.3, 0.4) is 0 Å². The van der Waals surface area contributed by atoms with Crippen molar-refractivity contribution in [2.75, 3.05) is 13.7 Å². The summed E-state index contributed by atoms with van der Waals surface area (Å²) in [5, 5.41) is 8.49. The summed E-state index contributed by atoms with van der Waals surface area (Å²) in [5.74, 6) is -0.533. The second-order valence-electron chi connectivity index (χ2n) is 6.21. The van der Waals surface area contributed by atoms with Crippen molar-refractivity contribution < 1.29 is 18.7 Å². The van der Waals surface area contributed by atoms with Gasteiger partial charge in [0.05, 0.1) is 43.2 Å². The average Bonchev–Trinajstić information content (AvgIpc) is 3.38. The van der Waals surface area contributed by atoms with Gasteiger partial charge in [0.1, 0.15) is 16.9 Å². The Labute approximate surface area is 175 Å². The van der Waals surface area contributed by atoms with Crippen molar-refractivity contribution in [3.63, 3.8) is 0 Å². The number of carbonyl (C=O) groups is 1. The molecule has 0 saturated heterocycles. The van der Waals surface area contributed by atoms with Crippen molar-refractivity contribution in [2.45, 2.75) is 13.5 Å². The van der Waals surface area contributed by atoms with Gasteiger partial charge >= 0.3 is 5.97 Å². The van der Waals surface area contributed by atoms with Crippen molar-refractivity contribution in [1.82, 2.24) is 29.5 Å². The molecule has 30 heavy (non-hydrogen) atoms. The predicted molar refractivity (Wildman–Crippen MR) is 105 cm³/mol. The SMILES string of the molecule is CCOC(=O)c1cnn(-c2nc(OC)c3c(cnn3Cc3ccc(Cl)c(F)c3)n2)c1. The minimum Gasteiger partial charge on any atom is -0.479 e. The Morgan fingerprint density at radius 1 is 1.23 bits per heavy atom. The van der Waals surface area contributed by atoms with E-state index in [-0.39, 0.29) is 35.6 Å². The van der Waals surface area contributed by atoms with Gasteiger partial charge in [-0.05, 0) is 24.6 Å². The molecule has 0 bridgehead atoms. The minimum atomic E-state index is -0.507. The summed E-state index contributed by atoms with van der Waals surface area (Å²) >= 11 is 5.75. The van der Waals surface area contributed by atoms with Gasteiger partial charge in [0.15, 0.2) is 0 Å². The van der Waals surface area contributed by atoms with E-state index in [1.165, 1.54) is 36.3 Å². The van der Waals surface area contributed by atoms with Crippen LogP contribution in [-0.4, -0.2) is 49.2 Å². The first-order valence-electron chi connectivity index (χ1n) is 8.93. The summed E-state index contributed by atoms with van der Waals surface area (Å²) in [5.41, 5.74) is 1.98. The van der Waals surface area contributed by atoms with Crippen molar-refractivity contribution in [1.29, 1.82) is 0 Å². The third kappa shape index (κ3) is 3.69. The summed E-state index contributed by atoms with van der Waals surface area (Å²) in [6.45, 7) is 2.25. The molecule has 0 fully saturated rings. The molecule has 9 nitrogen and oxygen atoms in total. The number of nitrogens with zero attached hydrogens (tertiary/aromatic N) is 6. The van der Waals surface area contributed by atoms with E-state index in [0.717, 1.165) is 0 Å². The van der Waals surface area contributed by atoms with E-state index < -0.39 is 11.8 Å². The Bertz CT molecular complexity index is 1240. The fraction of sp³-hybridized carbons (Fsp3) is 0.211. The van der Waals surface area contributed by atoms with E-state index >= 15 is 0 Å². The maximum Gasteiger partial charge on any atom is 0.341 e.